The normalized spacial score (nSPS) is 11.0. The van der Waals surface area contributed by atoms with E-state index in [9.17, 15) is 0 Å². The quantitative estimate of drug-likeness (QED) is 0.791. The summed E-state index contributed by atoms with van der Waals surface area (Å²) < 4.78 is 5.71. The van der Waals surface area contributed by atoms with Gasteiger partial charge in [0.1, 0.15) is 12.4 Å². The largest absolute Gasteiger partial charge is 0.487 e. The Kier molecular flexibility index (Phi) is 4.55. The molecule has 0 aromatic heterocycles. The predicted octanol–water partition coefficient (Wildman–Crippen LogP) is 5.09. The maximum absolute atomic E-state index is 8.80. The molecular weight excluding hydrogens is 282 g/mol. The molecule has 0 radical (unpaired) electrons. The lowest BCUT2D eigenvalue weighted by Gasteiger charge is -2.19. The first-order valence-electron chi connectivity index (χ1n) is 6.82. The molecule has 0 bridgehead atoms. The minimum Gasteiger partial charge on any atom is -0.487 e. The van der Waals surface area contributed by atoms with Crippen molar-refractivity contribution >= 4 is 11.6 Å². The standard InChI is InChI=1S/C18H18ClNO/c1-18(2,3)15-7-4-13(5-8-15)12-21-17-9-6-14(11-20)10-16(17)19/h4-10H,12H2,1-3H3. The van der Waals surface area contributed by atoms with Crippen molar-refractivity contribution in [3.63, 3.8) is 0 Å². The number of ether oxygens (including phenoxy) is 1. The Labute approximate surface area is 130 Å². The molecule has 0 spiro atoms. The first-order chi connectivity index (χ1) is 9.90. The van der Waals surface area contributed by atoms with Crippen LogP contribution in [0.5, 0.6) is 5.75 Å². The summed E-state index contributed by atoms with van der Waals surface area (Å²) in [5, 5.41) is 9.26. The molecule has 0 fully saturated rings. The molecule has 0 saturated heterocycles. The maximum Gasteiger partial charge on any atom is 0.138 e. The number of halogens is 1. The van der Waals surface area contributed by atoms with Crippen LogP contribution in [0.3, 0.4) is 0 Å². The van der Waals surface area contributed by atoms with Gasteiger partial charge in [0.2, 0.25) is 0 Å². The van der Waals surface area contributed by atoms with Crippen molar-refractivity contribution in [3.05, 3.63) is 64.2 Å². The Balaban J connectivity index is 2.05. The number of hydrogen-bond donors (Lipinski definition) is 0. The minimum absolute atomic E-state index is 0.149. The number of nitriles is 1. The van der Waals surface area contributed by atoms with Crippen LogP contribution in [0.25, 0.3) is 0 Å². The van der Waals surface area contributed by atoms with E-state index in [0.29, 0.717) is 22.9 Å². The second kappa shape index (κ2) is 6.20. The lowest BCUT2D eigenvalue weighted by atomic mass is 9.87. The minimum atomic E-state index is 0.149. The molecule has 0 heterocycles. The monoisotopic (exact) mass is 299 g/mol. The topological polar surface area (TPSA) is 33.0 Å². The lowest BCUT2D eigenvalue weighted by Crippen LogP contribution is -2.10. The Morgan fingerprint density at radius 1 is 1.10 bits per heavy atom. The van der Waals surface area contributed by atoms with Gasteiger partial charge in [0.05, 0.1) is 16.7 Å². The molecule has 0 atom stereocenters. The van der Waals surface area contributed by atoms with E-state index in [1.54, 1.807) is 18.2 Å². The van der Waals surface area contributed by atoms with Gasteiger partial charge >= 0.3 is 0 Å². The highest BCUT2D eigenvalue weighted by Crippen LogP contribution is 2.27. The summed E-state index contributed by atoms with van der Waals surface area (Å²) in [6.45, 7) is 7.02. The van der Waals surface area contributed by atoms with E-state index in [-0.39, 0.29) is 5.41 Å². The Hall–Kier alpha value is -1.98. The van der Waals surface area contributed by atoms with Crippen LogP contribution in [0.15, 0.2) is 42.5 Å². The Bertz CT molecular complexity index is 663. The van der Waals surface area contributed by atoms with Gasteiger partial charge in [0.15, 0.2) is 0 Å². The molecule has 0 N–H and O–H groups in total. The number of benzene rings is 2. The van der Waals surface area contributed by atoms with E-state index in [0.717, 1.165) is 5.56 Å². The molecule has 0 aliphatic heterocycles. The summed E-state index contributed by atoms with van der Waals surface area (Å²) in [7, 11) is 0. The van der Waals surface area contributed by atoms with Crippen LogP contribution in [-0.2, 0) is 12.0 Å². The number of hydrogen-bond acceptors (Lipinski definition) is 2. The second-order valence-electron chi connectivity index (χ2n) is 5.99. The zero-order valence-corrected chi connectivity index (χ0v) is 13.2. The zero-order chi connectivity index (χ0) is 15.5. The molecule has 108 valence electrons. The summed E-state index contributed by atoms with van der Waals surface area (Å²) in [6.07, 6.45) is 0. The highest BCUT2D eigenvalue weighted by atomic mass is 35.5. The van der Waals surface area contributed by atoms with Gasteiger partial charge in [0.25, 0.3) is 0 Å². The van der Waals surface area contributed by atoms with E-state index >= 15 is 0 Å². The molecule has 3 heteroatoms. The molecule has 0 aliphatic rings. The summed E-state index contributed by atoms with van der Waals surface area (Å²) in [5.74, 6) is 0.593. The van der Waals surface area contributed by atoms with Crippen LogP contribution >= 0.6 is 11.6 Å². The van der Waals surface area contributed by atoms with E-state index in [4.69, 9.17) is 21.6 Å². The van der Waals surface area contributed by atoms with Crippen LogP contribution < -0.4 is 4.74 Å². The van der Waals surface area contributed by atoms with Gasteiger partial charge in [-0.3, -0.25) is 0 Å². The van der Waals surface area contributed by atoms with Crippen molar-refractivity contribution in [1.82, 2.24) is 0 Å². The number of rotatable bonds is 3. The first kappa shape index (κ1) is 15.4. The predicted molar refractivity (Wildman–Crippen MR) is 85.6 cm³/mol. The fourth-order valence-corrected chi connectivity index (χ4v) is 2.18. The van der Waals surface area contributed by atoms with E-state index in [1.807, 2.05) is 6.07 Å². The zero-order valence-electron chi connectivity index (χ0n) is 12.5. The summed E-state index contributed by atoms with van der Waals surface area (Å²) in [4.78, 5) is 0. The fourth-order valence-electron chi connectivity index (χ4n) is 1.95. The van der Waals surface area contributed by atoms with E-state index in [1.165, 1.54) is 5.56 Å². The third kappa shape index (κ3) is 4.00. The van der Waals surface area contributed by atoms with Crippen LogP contribution in [0.4, 0.5) is 0 Å². The average molecular weight is 300 g/mol. The molecule has 2 aromatic carbocycles. The van der Waals surface area contributed by atoms with Gasteiger partial charge in [-0.2, -0.15) is 5.26 Å². The molecule has 2 aromatic rings. The Morgan fingerprint density at radius 3 is 2.29 bits per heavy atom. The SMILES string of the molecule is CC(C)(C)c1ccc(COc2ccc(C#N)cc2Cl)cc1. The third-order valence-corrected chi connectivity index (χ3v) is 3.57. The first-order valence-corrected chi connectivity index (χ1v) is 7.20. The lowest BCUT2D eigenvalue weighted by molar-refractivity contribution is 0.306. The van der Waals surface area contributed by atoms with Crippen LogP contribution in [0.2, 0.25) is 5.02 Å². The summed E-state index contributed by atoms with van der Waals surface area (Å²) >= 11 is 6.08. The van der Waals surface area contributed by atoms with Crippen molar-refractivity contribution in [2.45, 2.75) is 32.8 Å². The highest BCUT2D eigenvalue weighted by Gasteiger charge is 2.12. The second-order valence-corrected chi connectivity index (χ2v) is 6.40. The van der Waals surface area contributed by atoms with Crippen LogP contribution in [0, 0.1) is 11.3 Å². The molecule has 2 rings (SSSR count). The summed E-state index contributed by atoms with van der Waals surface area (Å²) in [5.41, 5.74) is 3.06. The van der Waals surface area contributed by atoms with Crippen molar-refractivity contribution in [2.75, 3.05) is 0 Å². The van der Waals surface area contributed by atoms with E-state index in [2.05, 4.69) is 45.0 Å². The molecule has 0 amide bonds. The van der Waals surface area contributed by atoms with Gasteiger partial charge in [-0.1, -0.05) is 56.6 Å². The fraction of sp³-hybridized carbons (Fsp3) is 0.278. The molecule has 2 nitrogen and oxygen atoms in total. The molecule has 0 unspecified atom stereocenters. The molecule has 0 saturated carbocycles. The molecular formula is C18H18ClNO. The van der Waals surface area contributed by atoms with E-state index < -0.39 is 0 Å². The van der Waals surface area contributed by atoms with Crippen LogP contribution in [-0.4, -0.2) is 0 Å². The van der Waals surface area contributed by atoms with Gasteiger partial charge in [0, 0.05) is 0 Å². The van der Waals surface area contributed by atoms with Crippen LogP contribution in [0.1, 0.15) is 37.5 Å². The van der Waals surface area contributed by atoms with Crippen molar-refractivity contribution in [2.24, 2.45) is 0 Å². The smallest absolute Gasteiger partial charge is 0.138 e. The molecule has 0 aliphatic carbocycles. The highest BCUT2D eigenvalue weighted by molar-refractivity contribution is 6.32. The molecule has 21 heavy (non-hydrogen) atoms. The van der Waals surface area contributed by atoms with Gasteiger partial charge in [-0.15, -0.1) is 0 Å². The van der Waals surface area contributed by atoms with Crippen molar-refractivity contribution < 1.29 is 4.74 Å². The Morgan fingerprint density at radius 2 is 1.76 bits per heavy atom. The van der Waals surface area contributed by atoms with Gasteiger partial charge < -0.3 is 4.74 Å². The number of nitrogens with zero attached hydrogens (tertiary/aromatic N) is 1. The third-order valence-electron chi connectivity index (χ3n) is 3.28. The average Bonchev–Trinajstić information content (AvgIpc) is 2.45. The summed E-state index contributed by atoms with van der Waals surface area (Å²) in [6, 6.07) is 15.5. The van der Waals surface area contributed by atoms with Crippen molar-refractivity contribution in [1.29, 1.82) is 5.26 Å². The van der Waals surface area contributed by atoms with Gasteiger partial charge in [-0.25, -0.2) is 0 Å². The maximum atomic E-state index is 8.80. The van der Waals surface area contributed by atoms with Crippen molar-refractivity contribution in [3.8, 4) is 11.8 Å². The van der Waals surface area contributed by atoms with Gasteiger partial charge in [-0.05, 0) is 34.7 Å².